The molecular weight excluding hydrogens is 224 g/mol. The summed E-state index contributed by atoms with van der Waals surface area (Å²) in [7, 11) is 0. The molecule has 6 nitrogen and oxygen atoms in total. The maximum absolute atomic E-state index is 11.1. The highest BCUT2D eigenvalue weighted by molar-refractivity contribution is 5.72. The molecule has 0 fully saturated rings. The molecule has 0 amide bonds. The third kappa shape index (κ3) is 7.80. The first-order valence-electron chi connectivity index (χ1n) is 5.17. The average molecular weight is 238 g/mol. The zero-order chi connectivity index (χ0) is 13.3. The van der Waals surface area contributed by atoms with Gasteiger partial charge in [0.25, 0.3) is 0 Å². The second kappa shape index (κ2) is 8.12. The summed E-state index contributed by atoms with van der Waals surface area (Å²) in [6.45, 7) is 2.92. The van der Waals surface area contributed by atoms with Crippen LogP contribution in [0.15, 0.2) is 0 Å². The number of nitriles is 2. The molecule has 0 aromatic rings. The van der Waals surface area contributed by atoms with E-state index in [1.54, 1.807) is 12.1 Å². The number of ether oxygens (including phenoxy) is 2. The summed E-state index contributed by atoms with van der Waals surface area (Å²) in [4.78, 5) is 22.2. The number of rotatable bonds is 6. The van der Waals surface area contributed by atoms with Gasteiger partial charge in [0.1, 0.15) is 12.1 Å². The van der Waals surface area contributed by atoms with E-state index in [1.807, 2.05) is 0 Å². The number of carbonyl (C=O) groups is 2. The summed E-state index contributed by atoms with van der Waals surface area (Å²) in [5, 5.41) is 16.8. The number of esters is 2. The zero-order valence-corrected chi connectivity index (χ0v) is 9.80. The van der Waals surface area contributed by atoms with E-state index >= 15 is 0 Å². The van der Waals surface area contributed by atoms with Crippen molar-refractivity contribution in [1.29, 1.82) is 10.5 Å². The molecule has 0 saturated carbocycles. The quantitative estimate of drug-likeness (QED) is 0.641. The van der Waals surface area contributed by atoms with Gasteiger partial charge >= 0.3 is 11.9 Å². The minimum atomic E-state index is -0.784. The van der Waals surface area contributed by atoms with Crippen molar-refractivity contribution in [3.8, 4) is 12.1 Å². The fourth-order valence-corrected chi connectivity index (χ4v) is 0.942. The third-order valence-corrected chi connectivity index (χ3v) is 1.74. The molecule has 0 aliphatic heterocycles. The van der Waals surface area contributed by atoms with Gasteiger partial charge in [-0.3, -0.25) is 9.59 Å². The molecule has 0 spiro atoms. The Labute approximate surface area is 99.7 Å². The highest BCUT2D eigenvalue weighted by atomic mass is 16.5. The Kier molecular flexibility index (Phi) is 7.12. The van der Waals surface area contributed by atoms with E-state index in [-0.39, 0.29) is 19.3 Å². The van der Waals surface area contributed by atoms with Crippen LogP contribution in [0, 0.1) is 22.7 Å². The van der Waals surface area contributed by atoms with Gasteiger partial charge in [-0.05, 0) is 20.3 Å². The normalized spacial score (nSPS) is 12.7. The van der Waals surface area contributed by atoms with Crippen LogP contribution in [0.25, 0.3) is 0 Å². The topological polar surface area (TPSA) is 100 Å². The van der Waals surface area contributed by atoms with Crippen molar-refractivity contribution in [2.75, 3.05) is 0 Å². The van der Waals surface area contributed by atoms with Crippen LogP contribution in [-0.2, 0) is 19.1 Å². The molecule has 6 heteroatoms. The fourth-order valence-electron chi connectivity index (χ4n) is 0.942. The minimum Gasteiger partial charge on any atom is -0.447 e. The van der Waals surface area contributed by atoms with Crippen molar-refractivity contribution in [2.45, 2.75) is 45.3 Å². The van der Waals surface area contributed by atoms with E-state index in [0.29, 0.717) is 0 Å². The number of nitrogens with zero attached hydrogens (tertiary/aromatic N) is 2. The summed E-state index contributed by atoms with van der Waals surface area (Å²) in [5.41, 5.74) is 0. The maximum atomic E-state index is 11.1. The van der Waals surface area contributed by atoms with Crippen molar-refractivity contribution >= 4 is 11.9 Å². The zero-order valence-electron chi connectivity index (χ0n) is 9.80. The Balaban J connectivity index is 3.71. The van der Waals surface area contributed by atoms with E-state index in [2.05, 4.69) is 9.47 Å². The summed E-state index contributed by atoms with van der Waals surface area (Å²) in [6, 6.07) is 3.52. The van der Waals surface area contributed by atoms with Crippen LogP contribution >= 0.6 is 0 Å². The number of hydrogen-bond donors (Lipinski definition) is 0. The van der Waals surface area contributed by atoms with Crippen LogP contribution in [0.1, 0.15) is 33.1 Å². The van der Waals surface area contributed by atoms with E-state index < -0.39 is 24.1 Å². The Hall–Kier alpha value is -2.08. The predicted octanol–water partition coefficient (Wildman–Crippen LogP) is 1.07. The Morgan fingerprint density at radius 2 is 1.35 bits per heavy atom. The van der Waals surface area contributed by atoms with Crippen molar-refractivity contribution in [2.24, 2.45) is 0 Å². The Bertz CT molecular complexity index is 319. The molecule has 0 heterocycles. The van der Waals surface area contributed by atoms with Crippen molar-refractivity contribution in [3.63, 3.8) is 0 Å². The monoisotopic (exact) mass is 238 g/mol. The van der Waals surface area contributed by atoms with Gasteiger partial charge in [0.2, 0.25) is 0 Å². The minimum absolute atomic E-state index is 0.0437. The molecule has 0 radical (unpaired) electrons. The molecule has 0 aliphatic rings. The summed E-state index contributed by atoms with van der Waals surface area (Å²) in [6.07, 6.45) is -1.21. The summed E-state index contributed by atoms with van der Waals surface area (Å²) in [5.74, 6) is -1.06. The standard InChI is InChI=1S/C11H14N2O4/c1-8(6-12)16-10(14)4-3-5-11(15)17-9(2)7-13/h8-9H,3-5H2,1-2H3. The Morgan fingerprint density at radius 1 is 1.00 bits per heavy atom. The molecule has 17 heavy (non-hydrogen) atoms. The van der Waals surface area contributed by atoms with E-state index in [4.69, 9.17) is 10.5 Å². The first-order chi connectivity index (χ1) is 7.99. The second-order valence-electron chi connectivity index (χ2n) is 3.38. The van der Waals surface area contributed by atoms with Crippen LogP contribution in [0.4, 0.5) is 0 Å². The van der Waals surface area contributed by atoms with Gasteiger partial charge in [0, 0.05) is 12.8 Å². The lowest BCUT2D eigenvalue weighted by atomic mass is 10.2. The highest BCUT2D eigenvalue weighted by Crippen LogP contribution is 2.03. The molecule has 0 saturated heterocycles. The van der Waals surface area contributed by atoms with E-state index in [0.717, 1.165) is 0 Å². The SMILES string of the molecule is CC(C#N)OC(=O)CCCC(=O)OC(C)C#N. The summed E-state index contributed by atoms with van der Waals surface area (Å²) >= 11 is 0. The van der Waals surface area contributed by atoms with Crippen LogP contribution < -0.4 is 0 Å². The van der Waals surface area contributed by atoms with Crippen LogP contribution in [-0.4, -0.2) is 24.1 Å². The maximum Gasteiger partial charge on any atom is 0.307 e. The fraction of sp³-hybridized carbons (Fsp3) is 0.636. The lowest BCUT2D eigenvalue weighted by Gasteiger charge is -2.06. The van der Waals surface area contributed by atoms with E-state index in [9.17, 15) is 9.59 Å². The molecule has 2 atom stereocenters. The molecule has 0 aliphatic carbocycles. The first kappa shape index (κ1) is 14.9. The molecule has 0 rings (SSSR count). The number of hydrogen-bond acceptors (Lipinski definition) is 6. The molecule has 2 unspecified atom stereocenters. The smallest absolute Gasteiger partial charge is 0.307 e. The number of carbonyl (C=O) groups excluding carboxylic acids is 2. The average Bonchev–Trinajstić information content (AvgIpc) is 2.28. The molecular formula is C11H14N2O4. The summed E-state index contributed by atoms with van der Waals surface area (Å²) < 4.78 is 9.36. The molecule has 0 aromatic carbocycles. The first-order valence-corrected chi connectivity index (χ1v) is 5.17. The largest absolute Gasteiger partial charge is 0.447 e. The van der Waals surface area contributed by atoms with Crippen molar-refractivity contribution in [3.05, 3.63) is 0 Å². The van der Waals surface area contributed by atoms with Gasteiger partial charge in [-0.15, -0.1) is 0 Å². The van der Waals surface area contributed by atoms with Gasteiger partial charge in [-0.2, -0.15) is 10.5 Å². The highest BCUT2D eigenvalue weighted by Gasteiger charge is 2.11. The second-order valence-corrected chi connectivity index (χ2v) is 3.38. The Morgan fingerprint density at radius 3 is 1.65 bits per heavy atom. The van der Waals surface area contributed by atoms with Crippen LogP contribution in [0.3, 0.4) is 0 Å². The molecule has 92 valence electrons. The third-order valence-electron chi connectivity index (χ3n) is 1.74. The van der Waals surface area contributed by atoms with Gasteiger partial charge in [-0.1, -0.05) is 0 Å². The molecule has 0 aromatic heterocycles. The van der Waals surface area contributed by atoms with Crippen LogP contribution in [0.2, 0.25) is 0 Å². The van der Waals surface area contributed by atoms with E-state index in [1.165, 1.54) is 13.8 Å². The molecule has 0 bridgehead atoms. The predicted molar refractivity (Wildman–Crippen MR) is 56.2 cm³/mol. The molecule has 0 N–H and O–H groups in total. The van der Waals surface area contributed by atoms with Crippen molar-refractivity contribution < 1.29 is 19.1 Å². The van der Waals surface area contributed by atoms with Gasteiger partial charge in [-0.25, -0.2) is 0 Å². The lowest BCUT2D eigenvalue weighted by Crippen LogP contribution is -2.15. The van der Waals surface area contributed by atoms with Gasteiger partial charge in [0.15, 0.2) is 12.2 Å². The van der Waals surface area contributed by atoms with Crippen LogP contribution in [0.5, 0.6) is 0 Å². The van der Waals surface area contributed by atoms with Crippen molar-refractivity contribution in [1.82, 2.24) is 0 Å². The lowest BCUT2D eigenvalue weighted by molar-refractivity contribution is -0.147. The van der Waals surface area contributed by atoms with Gasteiger partial charge in [0.05, 0.1) is 0 Å². The van der Waals surface area contributed by atoms with Gasteiger partial charge < -0.3 is 9.47 Å².